The lowest BCUT2D eigenvalue weighted by atomic mass is 10.2. The van der Waals surface area contributed by atoms with Crippen molar-refractivity contribution in [2.45, 2.75) is 19.9 Å². The Balaban J connectivity index is 1.54. The maximum atomic E-state index is 12.4. The van der Waals surface area contributed by atoms with E-state index in [1.54, 1.807) is 23.2 Å². The van der Waals surface area contributed by atoms with Crippen LogP contribution in [0.25, 0.3) is 0 Å². The number of rotatable bonds is 3. The van der Waals surface area contributed by atoms with Crippen molar-refractivity contribution in [1.29, 1.82) is 5.26 Å². The normalized spacial score (nSPS) is 15.6. The third-order valence-electron chi connectivity index (χ3n) is 4.29. The smallest absolute Gasteiger partial charge is 0.318 e. The molecule has 0 radical (unpaired) electrons. The van der Waals surface area contributed by atoms with Crippen LogP contribution >= 0.6 is 0 Å². The lowest BCUT2D eigenvalue weighted by molar-refractivity contribution is 0.189. The molecule has 0 saturated carbocycles. The molecule has 1 aliphatic heterocycles. The second-order valence-electron chi connectivity index (χ2n) is 6.11. The molecule has 3 heterocycles. The number of hydrogen-bond acceptors (Lipinski definition) is 5. The van der Waals surface area contributed by atoms with Crippen LogP contribution in [0.3, 0.4) is 0 Å². The predicted molar refractivity (Wildman–Crippen MR) is 93.1 cm³/mol. The van der Waals surface area contributed by atoms with Crippen LogP contribution in [0.15, 0.2) is 34.9 Å². The number of nitriles is 1. The molecule has 0 bridgehead atoms. The highest BCUT2D eigenvalue weighted by Crippen LogP contribution is 2.17. The van der Waals surface area contributed by atoms with Gasteiger partial charge < -0.3 is 19.5 Å². The summed E-state index contributed by atoms with van der Waals surface area (Å²) in [6.45, 7) is 6.37. The molecule has 1 fully saturated rings. The van der Waals surface area contributed by atoms with Gasteiger partial charge in [-0.15, -0.1) is 0 Å². The van der Waals surface area contributed by atoms with E-state index >= 15 is 0 Å². The molecule has 0 spiro atoms. The van der Waals surface area contributed by atoms with Crippen molar-refractivity contribution in [3.05, 3.63) is 47.5 Å². The van der Waals surface area contributed by atoms with Crippen molar-refractivity contribution in [3.8, 4) is 6.07 Å². The molecule has 1 N–H and O–H groups in total. The highest BCUT2D eigenvalue weighted by Gasteiger charge is 2.23. The SMILES string of the molecule is Cc1ccc(C(C)NC(=O)N2CCN(c3cc(C#N)ccn3)CC2)o1. The Hall–Kier alpha value is -3.01. The first kappa shape index (κ1) is 16.8. The fraction of sp³-hybridized carbons (Fsp3) is 0.389. The number of aromatic nitrogens is 1. The van der Waals surface area contributed by atoms with E-state index in [-0.39, 0.29) is 12.1 Å². The molecule has 0 aliphatic carbocycles. The maximum Gasteiger partial charge on any atom is 0.318 e. The number of carbonyl (C=O) groups is 1. The van der Waals surface area contributed by atoms with Crippen LogP contribution in [0.1, 0.15) is 30.0 Å². The molecule has 1 saturated heterocycles. The first-order valence-electron chi connectivity index (χ1n) is 8.29. The molecular formula is C18H21N5O2. The number of carbonyl (C=O) groups excluding carboxylic acids is 1. The minimum absolute atomic E-state index is 0.0973. The molecule has 7 nitrogen and oxygen atoms in total. The molecule has 25 heavy (non-hydrogen) atoms. The van der Waals surface area contributed by atoms with E-state index in [0.717, 1.165) is 17.3 Å². The van der Waals surface area contributed by atoms with Crippen molar-refractivity contribution in [2.75, 3.05) is 31.1 Å². The van der Waals surface area contributed by atoms with Gasteiger partial charge in [0, 0.05) is 32.4 Å². The molecule has 1 atom stereocenters. The van der Waals surface area contributed by atoms with Gasteiger partial charge in [0.25, 0.3) is 0 Å². The number of piperazine rings is 1. The molecular weight excluding hydrogens is 318 g/mol. The fourth-order valence-electron chi connectivity index (χ4n) is 2.83. The molecule has 0 aromatic carbocycles. The Kier molecular flexibility index (Phi) is 4.89. The largest absolute Gasteiger partial charge is 0.464 e. The Morgan fingerprint density at radius 3 is 2.72 bits per heavy atom. The Labute approximate surface area is 146 Å². The number of aryl methyl sites for hydroxylation is 1. The van der Waals surface area contributed by atoms with Crippen LogP contribution in [-0.4, -0.2) is 42.1 Å². The van der Waals surface area contributed by atoms with Gasteiger partial charge in [-0.25, -0.2) is 9.78 Å². The first-order valence-corrected chi connectivity index (χ1v) is 8.29. The van der Waals surface area contributed by atoms with E-state index in [4.69, 9.17) is 9.68 Å². The number of anilines is 1. The third kappa shape index (κ3) is 3.91. The van der Waals surface area contributed by atoms with Gasteiger partial charge in [-0.05, 0) is 38.1 Å². The maximum absolute atomic E-state index is 12.4. The summed E-state index contributed by atoms with van der Waals surface area (Å²) in [5.41, 5.74) is 0.590. The summed E-state index contributed by atoms with van der Waals surface area (Å²) in [5, 5.41) is 12.0. The molecule has 130 valence electrons. The van der Waals surface area contributed by atoms with Crippen molar-refractivity contribution < 1.29 is 9.21 Å². The average molecular weight is 339 g/mol. The van der Waals surface area contributed by atoms with E-state index in [1.807, 2.05) is 26.0 Å². The number of nitrogens with one attached hydrogen (secondary N) is 1. The highest BCUT2D eigenvalue weighted by atomic mass is 16.3. The Morgan fingerprint density at radius 2 is 2.08 bits per heavy atom. The fourth-order valence-corrected chi connectivity index (χ4v) is 2.83. The predicted octanol–water partition coefficient (Wildman–Crippen LogP) is 2.45. The van der Waals surface area contributed by atoms with Gasteiger partial charge >= 0.3 is 6.03 Å². The summed E-state index contributed by atoms with van der Waals surface area (Å²) in [6, 6.07) is 9.08. The van der Waals surface area contributed by atoms with Crippen LogP contribution in [0, 0.1) is 18.3 Å². The molecule has 2 aromatic heterocycles. The standard InChI is InChI=1S/C18H21N5O2/c1-13-3-4-16(25-13)14(2)21-18(24)23-9-7-22(8-10-23)17-11-15(12-19)5-6-20-17/h3-6,11,14H,7-10H2,1-2H3,(H,21,24). The van der Waals surface area contributed by atoms with Crippen LogP contribution in [0.5, 0.6) is 0 Å². The lowest BCUT2D eigenvalue weighted by Gasteiger charge is -2.35. The molecule has 7 heteroatoms. The summed E-state index contributed by atoms with van der Waals surface area (Å²) in [7, 11) is 0. The van der Waals surface area contributed by atoms with E-state index in [2.05, 4.69) is 21.3 Å². The average Bonchev–Trinajstić information content (AvgIpc) is 3.08. The minimum atomic E-state index is -0.173. The number of nitrogens with zero attached hydrogens (tertiary/aromatic N) is 4. The van der Waals surface area contributed by atoms with E-state index in [1.165, 1.54) is 0 Å². The second-order valence-corrected chi connectivity index (χ2v) is 6.11. The number of hydrogen-bond donors (Lipinski definition) is 1. The monoisotopic (exact) mass is 339 g/mol. The first-order chi connectivity index (χ1) is 12.1. The Bertz CT molecular complexity index is 787. The zero-order chi connectivity index (χ0) is 17.8. The molecule has 2 aromatic rings. The molecule has 1 aliphatic rings. The summed E-state index contributed by atoms with van der Waals surface area (Å²) >= 11 is 0. The zero-order valence-electron chi connectivity index (χ0n) is 14.4. The summed E-state index contributed by atoms with van der Waals surface area (Å²) in [5.74, 6) is 2.36. The molecule has 3 rings (SSSR count). The van der Waals surface area contributed by atoms with E-state index in [9.17, 15) is 4.79 Å². The highest BCUT2D eigenvalue weighted by molar-refractivity contribution is 5.75. The van der Waals surface area contributed by atoms with Crippen molar-refractivity contribution in [1.82, 2.24) is 15.2 Å². The van der Waals surface area contributed by atoms with E-state index < -0.39 is 0 Å². The van der Waals surface area contributed by atoms with Gasteiger partial charge in [0.05, 0.1) is 17.7 Å². The third-order valence-corrected chi connectivity index (χ3v) is 4.29. The van der Waals surface area contributed by atoms with Gasteiger partial charge in [0.1, 0.15) is 17.3 Å². The Morgan fingerprint density at radius 1 is 1.32 bits per heavy atom. The topological polar surface area (TPSA) is 85.4 Å². The second kappa shape index (κ2) is 7.26. The number of pyridine rings is 1. The van der Waals surface area contributed by atoms with Crippen LogP contribution in [0.4, 0.5) is 10.6 Å². The van der Waals surface area contributed by atoms with Crippen molar-refractivity contribution in [3.63, 3.8) is 0 Å². The van der Waals surface area contributed by atoms with Crippen molar-refractivity contribution >= 4 is 11.8 Å². The summed E-state index contributed by atoms with van der Waals surface area (Å²) < 4.78 is 5.55. The van der Waals surface area contributed by atoms with Crippen molar-refractivity contribution in [2.24, 2.45) is 0 Å². The summed E-state index contributed by atoms with van der Waals surface area (Å²) in [4.78, 5) is 20.6. The van der Waals surface area contributed by atoms with Gasteiger partial charge in [-0.2, -0.15) is 5.26 Å². The lowest BCUT2D eigenvalue weighted by Crippen LogP contribution is -2.52. The van der Waals surface area contributed by atoms with Gasteiger partial charge in [0.15, 0.2) is 0 Å². The summed E-state index contributed by atoms with van der Waals surface area (Å²) in [6.07, 6.45) is 1.64. The molecule has 2 amide bonds. The number of amides is 2. The quantitative estimate of drug-likeness (QED) is 0.928. The van der Waals surface area contributed by atoms with Crippen LogP contribution in [0.2, 0.25) is 0 Å². The van der Waals surface area contributed by atoms with Crippen LogP contribution in [-0.2, 0) is 0 Å². The van der Waals surface area contributed by atoms with Gasteiger partial charge in [-0.3, -0.25) is 0 Å². The van der Waals surface area contributed by atoms with Crippen LogP contribution < -0.4 is 10.2 Å². The van der Waals surface area contributed by atoms with Gasteiger partial charge in [0.2, 0.25) is 0 Å². The zero-order valence-corrected chi connectivity index (χ0v) is 14.4. The number of furan rings is 1. The number of urea groups is 1. The van der Waals surface area contributed by atoms with E-state index in [0.29, 0.717) is 31.7 Å². The van der Waals surface area contributed by atoms with Gasteiger partial charge in [-0.1, -0.05) is 0 Å². The minimum Gasteiger partial charge on any atom is -0.464 e. The molecule has 1 unspecified atom stereocenters.